The molecule has 0 spiro atoms. The van der Waals surface area contributed by atoms with Crippen LogP contribution in [-0.4, -0.2) is 23.2 Å². The van der Waals surface area contributed by atoms with Crippen LogP contribution in [0.15, 0.2) is 60.9 Å². The Morgan fingerprint density at radius 1 is 0.962 bits per heavy atom. The predicted molar refractivity (Wildman–Crippen MR) is 100 cm³/mol. The molecule has 5 nitrogen and oxygen atoms in total. The zero-order valence-electron chi connectivity index (χ0n) is 14.7. The zero-order valence-corrected chi connectivity index (χ0v) is 14.7. The van der Waals surface area contributed by atoms with Crippen molar-refractivity contribution in [2.75, 3.05) is 13.2 Å². The van der Waals surface area contributed by atoms with Crippen molar-refractivity contribution in [1.29, 1.82) is 0 Å². The lowest BCUT2D eigenvalue weighted by Crippen LogP contribution is -2.19. The Bertz CT molecular complexity index is 866. The van der Waals surface area contributed by atoms with Gasteiger partial charge >= 0.3 is 0 Å². The molecule has 1 N–H and O–H groups in total. The Kier molecular flexibility index (Phi) is 4.80. The van der Waals surface area contributed by atoms with E-state index in [1.807, 2.05) is 54.9 Å². The Morgan fingerprint density at radius 3 is 2.46 bits per heavy atom. The maximum atomic E-state index is 5.66. The van der Waals surface area contributed by atoms with Crippen molar-refractivity contribution in [2.45, 2.75) is 19.5 Å². The van der Waals surface area contributed by atoms with Gasteiger partial charge in [-0.15, -0.1) is 0 Å². The lowest BCUT2D eigenvalue weighted by molar-refractivity contribution is 0.171. The fourth-order valence-electron chi connectivity index (χ4n) is 2.90. The van der Waals surface area contributed by atoms with Crippen LogP contribution in [0.3, 0.4) is 0 Å². The molecule has 0 saturated carbocycles. The monoisotopic (exact) mass is 347 g/mol. The van der Waals surface area contributed by atoms with Gasteiger partial charge in [-0.2, -0.15) is 0 Å². The minimum atomic E-state index is 0.180. The van der Waals surface area contributed by atoms with Gasteiger partial charge in [-0.05, 0) is 24.6 Å². The van der Waals surface area contributed by atoms with E-state index in [9.17, 15) is 0 Å². The van der Waals surface area contributed by atoms with Gasteiger partial charge in [0.05, 0.1) is 0 Å². The third-order valence-electron chi connectivity index (χ3n) is 4.42. The zero-order chi connectivity index (χ0) is 17.8. The molecule has 1 aliphatic heterocycles. The lowest BCUT2D eigenvalue weighted by Gasteiger charge is -2.21. The summed E-state index contributed by atoms with van der Waals surface area (Å²) in [6.07, 6.45) is 3.75. The van der Waals surface area contributed by atoms with Crippen molar-refractivity contribution < 1.29 is 9.47 Å². The highest BCUT2D eigenvalue weighted by atomic mass is 16.6. The smallest absolute Gasteiger partial charge is 0.161 e. The molecule has 4 rings (SSSR count). The molecule has 26 heavy (non-hydrogen) atoms. The summed E-state index contributed by atoms with van der Waals surface area (Å²) in [5.74, 6) is 2.38. The first-order valence-corrected chi connectivity index (χ1v) is 8.79. The maximum absolute atomic E-state index is 5.66. The van der Waals surface area contributed by atoms with Gasteiger partial charge in [-0.3, -0.25) is 0 Å². The summed E-state index contributed by atoms with van der Waals surface area (Å²) in [6.45, 7) is 4.04. The van der Waals surface area contributed by atoms with Crippen molar-refractivity contribution in [3.8, 4) is 22.9 Å². The number of fused-ring (bicyclic) bond motifs is 1. The summed E-state index contributed by atoms with van der Waals surface area (Å²) in [4.78, 5) is 8.94. The summed E-state index contributed by atoms with van der Waals surface area (Å²) in [7, 11) is 0. The fourth-order valence-corrected chi connectivity index (χ4v) is 2.90. The molecule has 5 heteroatoms. The molecule has 0 aliphatic carbocycles. The largest absolute Gasteiger partial charge is 0.486 e. The number of rotatable bonds is 5. The van der Waals surface area contributed by atoms with Gasteiger partial charge < -0.3 is 14.8 Å². The van der Waals surface area contributed by atoms with Crippen molar-refractivity contribution >= 4 is 0 Å². The first-order chi connectivity index (χ1) is 12.8. The van der Waals surface area contributed by atoms with Crippen LogP contribution in [0, 0.1) is 0 Å². The van der Waals surface area contributed by atoms with Gasteiger partial charge in [0.1, 0.15) is 13.2 Å². The van der Waals surface area contributed by atoms with E-state index in [-0.39, 0.29) is 6.04 Å². The van der Waals surface area contributed by atoms with E-state index in [1.54, 1.807) is 0 Å². The van der Waals surface area contributed by atoms with Crippen LogP contribution in [0.2, 0.25) is 0 Å². The number of ether oxygens (including phenoxy) is 2. The van der Waals surface area contributed by atoms with E-state index >= 15 is 0 Å². The average Bonchev–Trinajstić information content (AvgIpc) is 2.72. The van der Waals surface area contributed by atoms with Gasteiger partial charge in [0, 0.05) is 36.1 Å². The molecule has 0 unspecified atom stereocenters. The topological polar surface area (TPSA) is 56.3 Å². The molecule has 0 radical (unpaired) electrons. The van der Waals surface area contributed by atoms with Crippen LogP contribution in [0.1, 0.15) is 24.1 Å². The number of aromatic nitrogens is 2. The summed E-state index contributed by atoms with van der Waals surface area (Å²) >= 11 is 0. The second-order valence-electron chi connectivity index (χ2n) is 6.29. The molecular weight excluding hydrogens is 326 g/mol. The number of nitrogens with zero attached hydrogens (tertiary/aromatic N) is 2. The van der Waals surface area contributed by atoms with Crippen LogP contribution < -0.4 is 14.8 Å². The standard InChI is InChI=1S/C21H21N3O2/c1-15(18-7-8-19-20(11-18)26-10-9-25-19)22-12-16-13-23-21(24-14-16)17-5-3-2-4-6-17/h2-8,11,13-15,22H,9-10,12H2,1H3/t15-/m1/s1. The Hall–Kier alpha value is -2.92. The third kappa shape index (κ3) is 3.68. The van der Waals surface area contributed by atoms with Crippen molar-refractivity contribution in [3.05, 3.63) is 72.1 Å². The van der Waals surface area contributed by atoms with E-state index in [2.05, 4.69) is 28.3 Å². The molecule has 1 aliphatic rings. The highest BCUT2D eigenvalue weighted by molar-refractivity contribution is 5.54. The quantitative estimate of drug-likeness (QED) is 0.761. The number of hydrogen-bond donors (Lipinski definition) is 1. The molecule has 1 atom stereocenters. The third-order valence-corrected chi connectivity index (χ3v) is 4.42. The van der Waals surface area contributed by atoms with Crippen LogP contribution in [-0.2, 0) is 6.54 Å². The molecule has 0 amide bonds. The van der Waals surface area contributed by atoms with Crippen molar-refractivity contribution in [1.82, 2.24) is 15.3 Å². The highest BCUT2D eigenvalue weighted by Gasteiger charge is 2.14. The Balaban J connectivity index is 1.39. The maximum Gasteiger partial charge on any atom is 0.161 e. The number of hydrogen-bond acceptors (Lipinski definition) is 5. The molecule has 0 fully saturated rings. The molecule has 1 aromatic heterocycles. The first kappa shape index (κ1) is 16.5. The SMILES string of the molecule is C[C@@H](NCc1cnc(-c2ccccc2)nc1)c1ccc2c(c1)OCCO2. The van der Waals surface area contributed by atoms with Gasteiger partial charge in [0.2, 0.25) is 0 Å². The molecule has 132 valence electrons. The number of nitrogens with one attached hydrogen (secondary N) is 1. The van der Waals surface area contributed by atoms with E-state index in [1.165, 1.54) is 0 Å². The minimum Gasteiger partial charge on any atom is -0.486 e. The van der Waals surface area contributed by atoms with E-state index in [0.29, 0.717) is 19.8 Å². The van der Waals surface area contributed by atoms with E-state index < -0.39 is 0 Å². The summed E-state index contributed by atoms with van der Waals surface area (Å²) in [6, 6.07) is 16.3. The molecular formula is C21H21N3O2. The fraction of sp³-hybridized carbons (Fsp3) is 0.238. The van der Waals surface area contributed by atoms with Crippen molar-refractivity contribution in [3.63, 3.8) is 0 Å². The second-order valence-corrected chi connectivity index (χ2v) is 6.29. The summed E-state index contributed by atoms with van der Waals surface area (Å²) in [5, 5.41) is 3.50. The van der Waals surface area contributed by atoms with Crippen LogP contribution in [0.5, 0.6) is 11.5 Å². The van der Waals surface area contributed by atoms with Crippen LogP contribution in [0.25, 0.3) is 11.4 Å². The molecule has 3 aromatic rings. The Morgan fingerprint density at radius 2 is 1.69 bits per heavy atom. The highest BCUT2D eigenvalue weighted by Crippen LogP contribution is 2.32. The van der Waals surface area contributed by atoms with Gasteiger partial charge in [-0.25, -0.2) is 9.97 Å². The first-order valence-electron chi connectivity index (χ1n) is 8.79. The van der Waals surface area contributed by atoms with Gasteiger partial charge in [0.25, 0.3) is 0 Å². The minimum absolute atomic E-state index is 0.180. The van der Waals surface area contributed by atoms with Crippen molar-refractivity contribution in [2.24, 2.45) is 0 Å². The number of benzene rings is 2. The lowest BCUT2D eigenvalue weighted by atomic mass is 10.1. The van der Waals surface area contributed by atoms with Crippen LogP contribution in [0.4, 0.5) is 0 Å². The molecule has 0 saturated heterocycles. The van der Waals surface area contributed by atoms with E-state index in [0.717, 1.165) is 34.0 Å². The predicted octanol–water partition coefficient (Wildman–Crippen LogP) is 3.77. The average molecular weight is 347 g/mol. The summed E-state index contributed by atoms with van der Waals surface area (Å²) < 4.78 is 11.2. The second kappa shape index (κ2) is 7.54. The van der Waals surface area contributed by atoms with Crippen LogP contribution >= 0.6 is 0 Å². The van der Waals surface area contributed by atoms with E-state index in [4.69, 9.17) is 9.47 Å². The molecule has 2 aromatic carbocycles. The molecule has 2 heterocycles. The summed E-state index contributed by atoms with van der Waals surface area (Å²) in [5.41, 5.74) is 3.24. The normalized spacial score (nSPS) is 14.0. The van der Waals surface area contributed by atoms with Gasteiger partial charge in [0.15, 0.2) is 17.3 Å². The Labute approximate surface area is 153 Å². The van der Waals surface area contributed by atoms with Gasteiger partial charge in [-0.1, -0.05) is 36.4 Å². The molecule has 0 bridgehead atoms.